The molecule has 2 heterocycles. The molecular formula is C54H35N3. The second-order valence-electron chi connectivity index (χ2n) is 15.3. The highest BCUT2D eigenvalue weighted by molar-refractivity contribution is 6.21. The smallest absolute Gasteiger partial charge is 0.235 e. The molecule has 2 aromatic heterocycles. The van der Waals surface area contributed by atoms with Gasteiger partial charge in [-0.25, -0.2) is 9.97 Å². The monoisotopic (exact) mass is 725 g/mol. The van der Waals surface area contributed by atoms with Crippen LogP contribution in [0.15, 0.2) is 194 Å². The van der Waals surface area contributed by atoms with Crippen LogP contribution in [0.25, 0.3) is 93.7 Å². The van der Waals surface area contributed by atoms with Crippen LogP contribution in [0.4, 0.5) is 0 Å². The molecule has 3 nitrogen and oxygen atoms in total. The molecular weight excluding hydrogens is 691 g/mol. The van der Waals surface area contributed by atoms with Crippen LogP contribution in [0.5, 0.6) is 0 Å². The zero-order valence-electron chi connectivity index (χ0n) is 31.1. The van der Waals surface area contributed by atoms with Crippen LogP contribution in [0, 0.1) is 0 Å². The second-order valence-corrected chi connectivity index (χ2v) is 15.3. The molecule has 1 aliphatic carbocycles. The van der Waals surface area contributed by atoms with Gasteiger partial charge in [-0.2, -0.15) is 0 Å². The minimum atomic E-state index is 0.216. The molecule has 1 unspecified atom stereocenters. The molecule has 9 aromatic carbocycles. The summed E-state index contributed by atoms with van der Waals surface area (Å²) in [7, 11) is 0. The number of para-hydroxylation sites is 1. The summed E-state index contributed by atoms with van der Waals surface area (Å²) in [6.45, 7) is 0. The summed E-state index contributed by atoms with van der Waals surface area (Å²) in [6.07, 6.45) is 0.946. The molecule has 12 rings (SSSR count). The lowest BCUT2D eigenvalue weighted by molar-refractivity contribution is 0.796. The van der Waals surface area contributed by atoms with E-state index in [-0.39, 0.29) is 5.92 Å². The first-order valence-corrected chi connectivity index (χ1v) is 19.8. The van der Waals surface area contributed by atoms with Gasteiger partial charge in [-0.05, 0) is 97.2 Å². The minimum Gasteiger partial charge on any atom is -0.278 e. The van der Waals surface area contributed by atoms with E-state index < -0.39 is 0 Å². The predicted octanol–water partition coefficient (Wildman–Crippen LogP) is 13.7. The average molecular weight is 726 g/mol. The molecule has 0 aliphatic heterocycles. The van der Waals surface area contributed by atoms with E-state index in [0.29, 0.717) is 5.95 Å². The summed E-state index contributed by atoms with van der Waals surface area (Å²) < 4.78 is 2.29. The summed E-state index contributed by atoms with van der Waals surface area (Å²) in [4.78, 5) is 10.8. The van der Waals surface area contributed by atoms with Crippen molar-refractivity contribution in [3.8, 4) is 39.5 Å². The van der Waals surface area contributed by atoms with Crippen LogP contribution in [-0.4, -0.2) is 14.5 Å². The number of nitrogens with zero attached hydrogens (tertiary/aromatic N) is 3. The van der Waals surface area contributed by atoms with Crippen molar-refractivity contribution in [2.45, 2.75) is 12.3 Å². The highest BCUT2D eigenvalue weighted by Gasteiger charge is 2.28. The molecule has 0 fully saturated rings. The lowest BCUT2D eigenvalue weighted by Crippen LogP contribution is -2.13. The summed E-state index contributed by atoms with van der Waals surface area (Å²) in [5.74, 6) is 0.883. The maximum atomic E-state index is 5.47. The second kappa shape index (κ2) is 12.6. The topological polar surface area (TPSA) is 30.7 Å². The van der Waals surface area contributed by atoms with Gasteiger partial charge in [0.2, 0.25) is 5.95 Å². The number of hydrogen-bond acceptors (Lipinski definition) is 2. The van der Waals surface area contributed by atoms with Crippen LogP contribution in [0.2, 0.25) is 0 Å². The molecule has 1 aliphatic rings. The van der Waals surface area contributed by atoms with E-state index in [1.54, 1.807) is 0 Å². The van der Waals surface area contributed by atoms with Gasteiger partial charge >= 0.3 is 0 Å². The van der Waals surface area contributed by atoms with Gasteiger partial charge in [-0.3, -0.25) is 4.57 Å². The molecule has 0 radical (unpaired) electrons. The molecule has 0 bridgehead atoms. The van der Waals surface area contributed by atoms with Crippen molar-refractivity contribution in [2.24, 2.45) is 0 Å². The Morgan fingerprint density at radius 2 is 1.14 bits per heavy atom. The van der Waals surface area contributed by atoms with Crippen molar-refractivity contribution >= 4 is 54.3 Å². The number of rotatable bonds is 4. The van der Waals surface area contributed by atoms with Crippen molar-refractivity contribution in [2.75, 3.05) is 0 Å². The van der Waals surface area contributed by atoms with Gasteiger partial charge in [-0.15, -0.1) is 0 Å². The Bertz CT molecular complexity index is 3390. The molecule has 0 N–H and O–H groups in total. The fourth-order valence-corrected chi connectivity index (χ4v) is 9.56. The van der Waals surface area contributed by atoms with E-state index >= 15 is 0 Å². The van der Waals surface area contributed by atoms with Gasteiger partial charge in [0.05, 0.1) is 22.2 Å². The molecule has 11 aromatic rings. The molecule has 0 saturated heterocycles. The van der Waals surface area contributed by atoms with Crippen LogP contribution in [0.1, 0.15) is 22.6 Å². The van der Waals surface area contributed by atoms with Gasteiger partial charge in [0, 0.05) is 27.6 Å². The predicted molar refractivity (Wildman–Crippen MR) is 237 cm³/mol. The first kappa shape index (κ1) is 31.9. The molecule has 0 spiro atoms. The zero-order chi connectivity index (χ0) is 37.5. The summed E-state index contributed by atoms with van der Waals surface area (Å²) in [5.41, 5.74) is 14.3. The van der Waals surface area contributed by atoms with Crippen molar-refractivity contribution in [3.63, 3.8) is 0 Å². The van der Waals surface area contributed by atoms with Gasteiger partial charge in [0.15, 0.2) is 0 Å². The van der Waals surface area contributed by atoms with E-state index in [1.807, 2.05) is 0 Å². The van der Waals surface area contributed by atoms with Crippen LogP contribution in [-0.2, 0) is 6.42 Å². The maximum absolute atomic E-state index is 5.47. The molecule has 3 heteroatoms. The van der Waals surface area contributed by atoms with Crippen LogP contribution >= 0.6 is 0 Å². The van der Waals surface area contributed by atoms with E-state index in [1.165, 1.54) is 65.7 Å². The molecule has 0 saturated carbocycles. The van der Waals surface area contributed by atoms with E-state index in [2.05, 4.69) is 199 Å². The van der Waals surface area contributed by atoms with Crippen molar-refractivity contribution in [1.82, 2.24) is 14.5 Å². The number of aromatic nitrogens is 3. The summed E-state index contributed by atoms with van der Waals surface area (Å²) >= 11 is 0. The highest BCUT2D eigenvalue weighted by atomic mass is 15.2. The SMILES string of the molecule is c1ccc(-c2cccc(-c3nc(-n4c5ccc(C6Cc7ccc8ccccc8c7-c7ccccc76)cc5c5c6ccccc6ccc54)nc4ccccc34)c2)cc1. The van der Waals surface area contributed by atoms with Gasteiger partial charge < -0.3 is 0 Å². The van der Waals surface area contributed by atoms with Gasteiger partial charge in [0.1, 0.15) is 0 Å². The first-order valence-electron chi connectivity index (χ1n) is 19.8. The fraction of sp³-hybridized carbons (Fsp3) is 0.0370. The van der Waals surface area contributed by atoms with Gasteiger partial charge in [-0.1, -0.05) is 164 Å². The van der Waals surface area contributed by atoms with Gasteiger partial charge in [0.25, 0.3) is 0 Å². The lowest BCUT2D eigenvalue weighted by atomic mass is 9.74. The number of hydrogen-bond donors (Lipinski definition) is 0. The lowest BCUT2D eigenvalue weighted by Gasteiger charge is -2.29. The first-order chi connectivity index (χ1) is 28.3. The minimum absolute atomic E-state index is 0.216. The fourth-order valence-electron chi connectivity index (χ4n) is 9.56. The third kappa shape index (κ3) is 4.99. The summed E-state index contributed by atoms with van der Waals surface area (Å²) in [6, 6.07) is 70.5. The maximum Gasteiger partial charge on any atom is 0.235 e. The number of fused-ring (bicyclic) bond motifs is 11. The Hall–Kier alpha value is -7.36. The zero-order valence-corrected chi connectivity index (χ0v) is 31.1. The quantitative estimate of drug-likeness (QED) is 0.181. The normalized spacial score (nSPS) is 13.7. The average Bonchev–Trinajstić information content (AvgIpc) is 3.62. The third-order valence-corrected chi connectivity index (χ3v) is 12.2. The van der Waals surface area contributed by atoms with E-state index in [9.17, 15) is 0 Å². The molecule has 57 heavy (non-hydrogen) atoms. The largest absolute Gasteiger partial charge is 0.278 e. The Balaban J connectivity index is 1.09. The van der Waals surface area contributed by atoms with Crippen molar-refractivity contribution in [1.29, 1.82) is 0 Å². The Labute approximate surface area is 330 Å². The Morgan fingerprint density at radius 3 is 2.04 bits per heavy atom. The van der Waals surface area contributed by atoms with Crippen molar-refractivity contribution < 1.29 is 0 Å². The standard InChI is InChI=1S/C54H35N3/c1-2-13-34(14-3-1)37-17-12-18-40(31-37)53-45-23-10-11-24-48(45)55-54(56-53)57-49-29-28-38(32-47(49)52-42-20-7-5-16-36(42)27-30-50(52)57)46-33-39-26-25-35-15-4-6-19-41(35)51(39)44-22-9-8-21-43(44)46/h1-32,46H,33H2. The van der Waals surface area contributed by atoms with E-state index in [0.717, 1.165) is 45.2 Å². The Morgan fingerprint density at radius 1 is 0.456 bits per heavy atom. The third-order valence-electron chi connectivity index (χ3n) is 12.2. The van der Waals surface area contributed by atoms with Crippen molar-refractivity contribution in [3.05, 3.63) is 211 Å². The Kier molecular flexibility index (Phi) is 7.05. The molecule has 266 valence electrons. The number of benzene rings is 9. The highest BCUT2D eigenvalue weighted by Crippen LogP contribution is 2.47. The molecule has 0 amide bonds. The van der Waals surface area contributed by atoms with Crippen LogP contribution in [0.3, 0.4) is 0 Å². The van der Waals surface area contributed by atoms with E-state index in [4.69, 9.17) is 9.97 Å². The molecule has 1 atom stereocenters. The van der Waals surface area contributed by atoms with Crippen LogP contribution < -0.4 is 0 Å². The summed E-state index contributed by atoms with van der Waals surface area (Å²) in [5, 5.41) is 8.53.